The first-order chi connectivity index (χ1) is 8.32. The van der Waals surface area contributed by atoms with Gasteiger partial charge in [-0.25, -0.2) is 8.96 Å². The Kier molecular flexibility index (Phi) is 2.89. The summed E-state index contributed by atoms with van der Waals surface area (Å²) in [4.78, 5) is 3.65. The second-order valence-corrected chi connectivity index (χ2v) is 5.24. The highest BCUT2D eigenvalue weighted by Gasteiger charge is 2.47. The second kappa shape index (κ2) is 4.13. The normalized spacial score (nSPS) is 12.6. The van der Waals surface area contributed by atoms with Crippen molar-refractivity contribution in [2.45, 2.75) is 5.51 Å². The first-order valence-corrected chi connectivity index (χ1v) is 6.17. The van der Waals surface area contributed by atoms with E-state index in [4.69, 9.17) is 0 Å². The summed E-state index contributed by atoms with van der Waals surface area (Å²) in [5, 5.41) is 0. The van der Waals surface area contributed by atoms with Crippen molar-refractivity contribution < 1.29 is 21.6 Å². The van der Waals surface area contributed by atoms with Crippen LogP contribution in [0.25, 0.3) is 11.3 Å². The smallest absolute Gasteiger partial charge is 0.236 e. The standard InChI is InChI=1S/C10H7F3N2O2S/c11-10(12,13)18(16,17)15-6-9(14-7-15)8-4-2-1-3-5-8/h1-7H. The van der Waals surface area contributed by atoms with E-state index >= 15 is 0 Å². The fraction of sp³-hybridized carbons (Fsp3) is 0.100. The molecule has 1 heterocycles. The third-order valence-electron chi connectivity index (χ3n) is 2.20. The molecule has 2 rings (SSSR count). The summed E-state index contributed by atoms with van der Waals surface area (Å²) in [7, 11) is -5.41. The Bertz CT molecular complexity index is 647. The molecule has 0 radical (unpaired) electrons. The molecule has 0 saturated heterocycles. The molecule has 0 aliphatic heterocycles. The van der Waals surface area contributed by atoms with Gasteiger partial charge in [-0.05, 0) is 0 Å². The molecule has 8 heteroatoms. The lowest BCUT2D eigenvalue weighted by Gasteiger charge is -2.07. The van der Waals surface area contributed by atoms with Gasteiger partial charge in [-0.3, -0.25) is 0 Å². The van der Waals surface area contributed by atoms with Crippen molar-refractivity contribution >= 4 is 10.0 Å². The first-order valence-electron chi connectivity index (χ1n) is 4.73. The molecule has 0 saturated carbocycles. The summed E-state index contributed by atoms with van der Waals surface area (Å²) in [6.07, 6.45) is 1.46. The van der Waals surface area contributed by atoms with E-state index in [1.54, 1.807) is 30.3 Å². The molecule has 0 aliphatic carbocycles. The SMILES string of the molecule is O=S(=O)(n1cnc(-c2ccccc2)c1)C(F)(F)F. The molecule has 18 heavy (non-hydrogen) atoms. The minimum atomic E-state index is -5.41. The predicted molar refractivity (Wildman–Crippen MR) is 58.0 cm³/mol. The maximum Gasteiger partial charge on any atom is 0.517 e. The summed E-state index contributed by atoms with van der Waals surface area (Å²) in [6, 6.07) is 8.31. The third-order valence-corrected chi connectivity index (χ3v) is 3.54. The van der Waals surface area contributed by atoms with Crippen LogP contribution in [0.2, 0.25) is 0 Å². The van der Waals surface area contributed by atoms with E-state index in [1.165, 1.54) is 0 Å². The second-order valence-electron chi connectivity index (χ2n) is 3.41. The highest BCUT2D eigenvalue weighted by molar-refractivity contribution is 7.90. The van der Waals surface area contributed by atoms with Crippen molar-refractivity contribution in [3.05, 3.63) is 42.9 Å². The third kappa shape index (κ3) is 2.10. The number of hydrogen-bond donors (Lipinski definition) is 0. The molecule has 4 nitrogen and oxygen atoms in total. The Hall–Kier alpha value is -1.83. The monoisotopic (exact) mass is 276 g/mol. The Balaban J connectivity index is 2.45. The van der Waals surface area contributed by atoms with Gasteiger partial charge in [0, 0.05) is 11.8 Å². The summed E-state index contributed by atoms with van der Waals surface area (Å²) in [6.45, 7) is 0. The Labute approximate surface area is 101 Å². The number of hydrogen-bond acceptors (Lipinski definition) is 3. The van der Waals surface area contributed by atoms with Crippen LogP contribution >= 0.6 is 0 Å². The number of nitrogens with zero attached hydrogens (tertiary/aromatic N) is 2. The molecule has 0 N–H and O–H groups in total. The molecule has 1 aromatic carbocycles. The molecular weight excluding hydrogens is 269 g/mol. The zero-order valence-corrected chi connectivity index (χ0v) is 9.61. The van der Waals surface area contributed by atoms with Crippen molar-refractivity contribution in [1.82, 2.24) is 8.96 Å². The van der Waals surface area contributed by atoms with Crippen LogP contribution < -0.4 is 0 Å². The molecular formula is C10H7F3N2O2S. The minimum absolute atomic E-state index is 0.0648. The number of benzene rings is 1. The van der Waals surface area contributed by atoms with E-state index in [0.29, 0.717) is 11.9 Å². The quantitative estimate of drug-likeness (QED) is 0.845. The topological polar surface area (TPSA) is 52.0 Å². The molecule has 0 unspecified atom stereocenters. The minimum Gasteiger partial charge on any atom is -0.236 e. The van der Waals surface area contributed by atoms with Gasteiger partial charge in [0.15, 0.2) is 0 Å². The van der Waals surface area contributed by atoms with E-state index in [-0.39, 0.29) is 9.67 Å². The number of aromatic nitrogens is 2. The average molecular weight is 276 g/mol. The Morgan fingerprint density at radius 3 is 2.28 bits per heavy atom. The number of alkyl halides is 3. The van der Waals surface area contributed by atoms with Gasteiger partial charge in [-0.15, -0.1) is 0 Å². The maximum absolute atomic E-state index is 12.3. The molecule has 1 aromatic heterocycles. The van der Waals surface area contributed by atoms with Gasteiger partial charge >= 0.3 is 15.5 Å². The number of rotatable bonds is 2. The molecule has 0 aliphatic rings. The zero-order chi connectivity index (χ0) is 13.4. The van der Waals surface area contributed by atoms with Crippen LogP contribution in [-0.2, 0) is 10.0 Å². The predicted octanol–water partition coefficient (Wildman–Crippen LogP) is 2.25. The van der Waals surface area contributed by atoms with Crippen molar-refractivity contribution in [3.63, 3.8) is 0 Å². The van der Waals surface area contributed by atoms with Crippen molar-refractivity contribution in [2.75, 3.05) is 0 Å². The molecule has 0 atom stereocenters. The number of halogens is 3. The highest BCUT2D eigenvalue weighted by Crippen LogP contribution is 2.26. The average Bonchev–Trinajstić information content (AvgIpc) is 2.78. The van der Waals surface area contributed by atoms with Crippen LogP contribution in [0.5, 0.6) is 0 Å². The fourth-order valence-electron chi connectivity index (χ4n) is 1.32. The van der Waals surface area contributed by atoms with Gasteiger partial charge in [-0.2, -0.15) is 21.6 Å². The Morgan fingerprint density at radius 1 is 1.11 bits per heavy atom. The zero-order valence-electron chi connectivity index (χ0n) is 8.79. The van der Waals surface area contributed by atoms with Gasteiger partial charge in [-0.1, -0.05) is 30.3 Å². The maximum atomic E-state index is 12.3. The lowest BCUT2D eigenvalue weighted by molar-refractivity contribution is -0.0446. The lowest BCUT2D eigenvalue weighted by Crippen LogP contribution is -2.28. The van der Waals surface area contributed by atoms with Crippen LogP contribution in [0, 0.1) is 0 Å². The molecule has 0 bridgehead atoms. The van der Waals surface area contributed by atoms with Crippen LogP contribution in [-0.4, -0.2) is 22.9 Å². The summed E-state index contributed by atoms with van der Waals surface area (Å²) < 4.78 is 59.1. The van der Waals surface area contributed by atoms with Crippen LogP contribution in [0.1, 0.15) is 0 Å². The van der Waals surface area contributed by atoms with Crippen LogP contribution in [0.3, 0.4) is 0 Å². The van der Waals surface area contributed by atoms with E-state index in [9.17, 15) is 21.6 Å². The molecule has 0 spiro atoms. The van der Waals surface area contributed by atoms with Gasteiger partial charge in [0.25, 0.3) is 0 Å². The summed E-state index contributed by atoms with van der Waals surface area (Å²) in [5.41, 5.74) is -4.65. The first kappa shape index (κ1) is 12.6. The summed E-state index contributed by atoms with van der Waals surface area (Å²) in [5.74, 6) is 0. The van der Waals surface area contributed by atoms with Gasteiger partial charge < -0.3 is 0 Å². The lowest BCUT2D eigenvalue weighted by atomic mass is 10.2. The summed E-state index contributed by atoms with van der Waals surface area (Å²) >= 11 is 0. The molecule has 0 fully saturated rings. The van der Waals surface area contributed by atoms with Gasteiger partial charge in [0.1, 0.15) is 6.33 Å². The van der Waals surface area contributed by atoms with E-state index in [0.717, 1.165) is 6.20 Å². The van der Waals surface area contributed by atoms with E-state index in [2.05, 4.69) is 4.98 Å². The van der Waals surface area contributed by atoms with E-state index in [1.807, 2.05) is 0 Å². The fourth-order valence-corrected chi connectivity index (χ4v) is 1.96. The van der Waals surface area contributed by atoms with E-state index < -0.39 is 15.5 Å². The van der Waals surface area contributed by atoms with Crippen LogP contribution in [0.4, 0.5) is 13.2 Å². The van der Waals surface area contributed by atoms with Crippen molar-refractivity contribution in [3.8, 4) is 11.3 Å². The molecule has 96 valence electrons. The van der Waals surface area contributed by atoms with Crippen molar-refractivity contribution in [1.29, 1.82) is 0 Å². The van der Waals surface area contributed by atoms with Gasteiger partial charge in [0.05, 0.1) is 5.69 Å². The Morgan fingerprint density at radius 2 is 1.72 bits per heavy atom. The van der Waals surface area contributed by atoms with Crippen LogP contribution in [0.15, 0.2) is 42.9 Å². The number of imidazole rings is 1. The highest BCUT2D eigenvalue weighted by atomic mass is 32.2. The largest absolute Gasteiger partial charge is 0.517 e. The molecule has 2 aromatic rings. The molecule has 0 amide bonds. The van der Waals surface area contributed by atoms with Gasteiger partial charge in [0.2, 0.25) is 0 Å². The van der Waals surface area contributed by atoms with Crippen molar-refractivity contribution in [2.24, 2.45) is 0 Å².